The van der Waals surface area contributed by atoms with Gasteiger partial charge in [0.05, 0.1) is 11.6 Å². The van der Waals surface area contributed by atoms with Gasteiger partial charge in [0.1, 0.15) is 6.61 Å². The second-order valence-electron chi connectivity index (χ2n) is 5.57. The maximum atomic E-state index is 12.3. The van der Waals surface area contributed by atoms with Gasteiger partial charge in [-0.25, -0.2) is 0 Å². The fourth-order valence-electron chi connectivity index (χ4n) is 3.16. The molecule has 0 bridgehead atoms. The van der Waals surface area contributed by atoms with Gasteiger partial charge in [-0.1, -0.05) is 0 Å². The van der Waals surface area contributed by atoms with Crippen LogP contribution in [0.3, 0.4) is 0 Å². The van der Waals surface area contributed by atoms with Crippen LogP contribution in [0.1, 0.15) is 37.3 Å². The van der Waals surface area contributed by atoms with Crippen LogP contribution in [-0.4, -0.2) is 31.6 Å². The van der Waals surface area contributed by atoms with Crippen molar-refractivity contribution in [2.75, 3.05) is 30.0 Å². The first-order chi connectivity index (χ1) is 10.1. The summed E-state index contributed by atoms with van der Waals surface area (Å²) in [7, 11) is 0. The van der Waals surface area contributed by atoms with Crippen molar-refractivity contribution in [3.8, 4) is 0 Å². The summed E-state index contributed by atoms with van der Waals surface area (Å²) in [5.41, 5.74) is 4.02. The van der Waals surface area contributed by atoms with Crippen molar-refractivity contribution < 1.29 is 14.3 Å². The van der Waals surface area contributed by atoms with Crippen LogP contribution in [0.15, 0.2) is 12.1 Å². The largest absolute Gasteiger partial charge is 0.372 e. The third kappa shape index (κ3) is 2.42. The first-order valence-electron chi connectivity index (χ1n) is 7.47. The predicted octanol–water partition coefficient (Wildman–Crippen LogP) is 2.06. The molecule has 1 atom stereocenters. The Morgan fingerprint density at radius 1 is 1.48 bits per heavy atom. The Kier molecular flexibility index (Phi) is 3.68. The molecule has 1 aromatic carbocycles. The topological polar surface area (TPSA) is 58.6 Å². The van der Waals surface area contributed by atoms with Gasteiger partial charge in [-0.15, -0.1) is 0 Å². The number of rotatable bonds is 4. The molecular formula is C16H20N2O3. The minimum absolute atomic E-state index is 0.0591. The number of nitrogens with one attached hydrogen (secondary N) is 1. The second kappa shape index (κ2) is 5.48. The number of anilines is 2. The van der Waals surface area contributed by atoms with E-state index in [0.29, 0.717) is 6.61 Å². The van der Waals surface area contributed by atoms with E-state index in [1.807, 2.05) is 30.9 Å². The highest BCUT2D eigenvalue weighted by Gasteiger charge is 2.37. The SMILES string of the molecule is CCOCC(=O)Nc1cc2c3c(c1)[C@H](C)C(=O)N3CCC2. The first kappa shape index (κ1) is 14.1. The number of hydrogen-bond donors (Lipinski definition) is 1. The molecule has 2 aliphatic heterocycles. The van der Waals surface area contributed by atoms with Crippen molar-refractivity contribution >= 4 is 23.2 Å². The van der Waals surface area contributed by atoms with Gasteiger partial charge < -0.3 is 15.0 Å². The summed E-state index contributed by atoms with van der Waals surface area (Å²) < 4.78 is 5.11. The zero-order chi connectivity index (χ0) is 15.0. The van der Waals surface area contributed by atoms with E-state index in [9.17, 15) is 9.59 Å². The van der Waals surface area contributed by atoms with Gasteiger partial charge in [-0.05, 0) is 49.9 Å². The summed E-state index contributed by atoms with van der Waals surface area (Å²) in [4.78, 5) is 25.9. The van der Waals surface area contributed by atoms with Crippen LogP contribution in [-0.2, 0) is 20.7 Å². The van der Waals surface area contributed by atoms with Crippen LogP contribution >= 0.6 is 0 Å². The van der Waals surface area contributed by atoms with Crippen LogP contribution in [0.5, 0.6) is 0 Å². The number of amides is 2. The van der Waals surface area contributed by atoms with Gasteiger partial charge in [0.25, 0.3) is 0 Å². The minimum Gasteiger partial charge on any atom is -0.372 e. The van der Waals surface area contributed by atoms with Crippen molar-refractivity contribution in [1.29, 1.82) is 0 Å². The molecule has 0 aromatic heterocycles. The van der Waals surface area contributed by atoms with Gasteiger partial charge in [0, 0.05) is 18.8 Å². The molecule has 1 aromatic rings. The van der Waals surface area contributed by atoms with Crippen molar-refractivity contribution in [3.05, 3.63) is 23.3 Å². The fourth-order valence-corrected chi connectivity index (χ4v) is 3.16. The van der Waals surface area contributed by atoms with Gasteiger partial charge in [0.2, 0.25) is 11.8 Å². The van der Waals surface area contributed by atoms with E-state index in [2.05, 4.69) is 5.32 Å². The summed E-state index contributed by atoms with van der Waals surface area (Å²) in [6.07, 6.45) is 1.93. The summed E-state index contributed by atoms with van der Waals surface area (Å²) in [5.74, 6) is -0.113. The van der Waals surface area contributed by atoms with Gasteiger partial charge in [-0.2, -0.15) is 0 Å². The van der Waals surface area contributed by atoms with E-state index in [4.69, 9.17) is 4.74 Å². The second-order valence-corrected chi connectivity index (χ2v) is 5.57. The Bertz CT molecular complexity index is 597. The smallest absolute Gasteiger partial charge is 0.250 e. The van der Waals surface area contributed by atoms with Crippen LogP contribution in [0.2, 0.25) is 0 Å². The quantitative estimate of drug-likeness (QED) is 0.922. The summed E-state index contributed by atoms with van der Waals surface area (Å²) in [6, 6.07) is 3.91. The van der Waals surface area contributed by atoms with Gasteiger partial charge >= 0.3 is 0 Å². The molecule has 112 valence electrons. The Morgan fingerprint density at radius 3 is 3.05 bits per heavy atom. The molecule has 0 saturated heterocycles. The first-order valence-corrected chi connectivity index (χ1v) is 7.47. The molecule has 0 unspecified atom stereocenters. The minimum atomic E-state index is -0.159. The van der Waals surface area contributed by atoms with Crippen molar-refractivity contribution in [2.45, 2.75) is 32.6 Å². The molecule has 0 aliphatic carbocycles. The Morgan fingerprint density at radius 2 is 2.29 bits per heavy atom. The Labute approximate surface area is 124 Å². The van der Waals surface area contributed by atoms with E-state index < -0.39 is 0 Å². The highest BCUT2D eigenvalue weighted by molar-refractivity contribution is 6.06. The number of benzene rings is 1. The van der Waals surface area contributed by atoms with E-state index in [1.165, 1.54) is 0 Å². The molecule has 2 amide bonds. The molecule has 2 heterocycles. The van der Waals surface area contributed by atoms with Crippen LogP contribution in [0, 0.1) is 0 Å². The highest BCUT2D eigenvalue weighted by atomic mass is 16.5. The highest BCUT2D eigenvalue weighted by Crippen LogP contribution is 2.44. The average molecular weight is 288 g/mol. The lowest BCUT2D eigenvalue weighted by Gasteiger charge is -2.26. The van der Waals surface area contributed by atoms with Gasteiger partial charge in [0.15, 0.2) is 0 Å². The third-order valence-corrected chi connectivity index (χ3v) is 4.14. The predicted molar refractivity (Wildman–Crippen MR) is 80.7 cm³/mol. The van der Waals surface area contributed by atoms with E-state index in [0.717, 1.165) is 41.9 Å². The molecule has 0 fully saturated rings. The van der Waals surface area contributed by atoms with Crippen LogP contribution in [0.4, 0.5) is 11.4 Å². The number of ether oxygens (including phenoxy) is 1. The lowest BCUT2D eigenvalue weighted by atomic mass is 9.96. The number of carbonyl (C=O) groups excluding carboxylic acids is 2. The number of nitrogens with zero attached hydrogens (tertiary/aromatic N) is 1. The zero-order valence-corrected chi connectivity index (χ0v) is 12.4. The van der Waals surface area contributed by atoms with Crippen LogP contribution < -0.4 is 10.2 Å². The zero-order valence-electron chi connectivity index (χ0n) is 12.4. The molecule has 1 N–H and O–H groups in total. The standard InChI is InChI=1S/C16H20N2O3/c1-3-21-9-14(19)17-12-7-11-5-4-6-18-15(11)13(8-12)10(2)16(18)20/h7-8,10H,3-6,9H2,1-2H3,(H,17,19)/t10-/m0/s1. The van der Waals surface area contributed by atoms with Gasteiger partial charge in [-0.3, -0.25) is 9.59 Å². The molecule has 2 aliphatic rings. The third-order valence-electron chi connectivity index (χ3n) is 4.14. The Balaban J connectivity index is 1.89. The molecule has 21 heavy (non-hydrogen) atoms. The summed E-state index contributed by atoms with van der Waals surface area (Å²) >= 11 is 0. The van der Waals surface area contributed by atoms with E-state index in [1.54, 1.807) is 0 Å². The summed E-state index contributed by atoms with van der Waals surface area (Å²) in [5, 5.41) is 2.86. The average Bonchev–Trinajstić information content (AvgIpc) is 2.72. The monoisotopic (exact) mass is 288 g/mol. The molecule has 0 radical (unpaired) electrons. The van der Waals surface area contributed by atoms with E-state index in [-0.39, 0.29) is 24.3 Å². The normalized spacial score (nSPS) is 19.6. The fraction of sp³-hybridized carbons (Fsp3) is 0.500. The molecular weight excluding hydrogens is 268 g/mol. The van der Waals surface area contributed by atoms with Crippen molar-refractivity contribution in [1.82, 2.24) is 0 Å². The molecule has 0 spiro atoms. The number of aryl methyl sites for hydroxylation is 1. The molecule has 5 nitrogen and oxygen atoms in total. The molecule has 5 heteroatoms. The van der Waals surface area contributed by atoms with E-state index >= 15 is 0 Å². The number of carbonyl (C=O) groups is 2. The van der Waals surface area contributed by atoms with Crippen molar-refractivity contribution in [2.24, 2.45) is 0 Å². The summed E-state index contributed by atoms with van der Waals surface area (Å²) in [6.45, 7) is 5.17. The maximum absolute atomic E-state index is 12.3. The number of hydrogen-bond acceptors (Lipinski definition) is 3. The maximum Gasteiger partial charge on any atom is 0.250 e. The van der Waals surface area contributed by atoms with Crippen LogP contribution in [0.25, 0.3) is 0 Å². The lowest BCUT2D eigenvalue weighted by molar-refractivity contribution is -0.120. The lowest BCUT2D eigenvalue weighted by Crippen LogP contribution is -2.32. The molecule has 3 rings (SSSR count). The van der Waals surface area contributed by atoms with Crippen molar-refractivity contribution in [3.63, 3.8) is 0 Å². The Hall–Kier alpha value is -1.88. The molecule has 0 saturated carbocycles.